The number of hydrogen-bond donors (Lipinski definition) is 0. The van der Waals surface area contributed by atoms with Crippen molar-refractivity contribution < 1.29 is 12.8 Å². The molecule has 4 rings (SSSR count). The van der Waals surface area contributed by atoms with E-state index in [-0.39, 0.29) is 23.6 Å². The maximum absolute atomic E-state index is 13.5. The predicted molar refractivity (Wildman–Crippen MR) is 83.7 cm³/mol. The van der Waals surface area contributed by atoms with Gasteiger partial charge in [0.05, 0.1) is 17.2 Å². The Bertz CT molecular complexity index is 842. The van der Waals surface area contributed by atoms with Crippen LogP contribution in [0.3, 0.4) is 0 Å². The van der Waals surface area contributed by atoms with Gasteiger partial charge in [0.15, 0.2) is 9.84 Å². The molecule has 3 atom stereocenters. The normalized spacial score (nSPS) is 28.9. The van der Waals surface area contributed by atoms with E-state index in [4.69, 9.17) is 0 Å². The van der Waals surface area contributed by atoms with Gasteiger partial charge >= 0.3 is 0 Å². The van der Waals surface area contributed by atoms with Gasteiger partial charge in [-0.05, 0) is 49.8 Å². The first-order chi connectivity index (χ1) is 10.9. The molecule has 2 aliphatic rings. The molecule has 5 nitrogen and oxygen atoms in total. The van der Waals surface area contributed by atoms with Crippen LogP contribution in [0.5, 0.6) is 0 Å². The number of aryl methyl sites for hydroxylation is 1. The third-order valence-electron chi connectivity index (χ3n) is 4.93. The molecule has 0 N–H and O–H groups in total. The first-order valence-electron chi connectivity index (χ1n) is 7.81. The highest BCUT2D eigenvalue weighted by Gasteiger charge is 2.45. The number of aromatic nitrogens is 3. The van der Waals surface area contributed by atoms with E-state index in [1.165, 1.54) is 12.1 Å². The molecule has 1 saturated carbocycles. The Balaban J connectivity index is 1.67. The molecule has 1 saturated heterocycles. The molecular weight excluding hydrogens is 317 g/mol. The minimum atomic E-state index is -2.87. The zero-order chi connectivity index (χ0) is 16.2. The second-order valence-corrected chi connectivity index (χ2v) is 8.83. The number of halogens is 1. The highest BCUT2D eigenvalue weighted by Crippen LogP contribution is 2.46. The minimum absolute atomic E-state index is 0.185. The van der Waals surface area contributed by atoms with Gasteiger partial charge in [-0.15, -0.1) is 0 Å². The molecule has 2 heterocycles. The van der Waals surface area contributed by atoms with Crippen molar-refractivity contribution >= 4 is 9.84 Å². The van der Waals surface area contributed by atoms with Gasteiger partial charge in [-0.3, -0.25) is 0 Å². The Kier molecular flexibility index (Phi) is 3.30. The lowest BCUT2D eigenvalue weighted by atomic mass is 10.0. The standard InChI is InChI=1S/C16H18FN3O2S/c1-10-18-16(20(19-10)15-4-2-3-14(17)7-15)11-5-12-8-23(21,22)9-13(12)6-11/h2-4,7,11-13H,5-6,8-9H2,1H3/t11?,12-,13+. The van der Waals surface area contributed by atoms with Gasteiger partial charge < -0.3 is 0 Å². The Morgan fingerprint density at radius 1 is 1.22 bits per heavy atom. The number of sulfone groups is 1. The van der Waals surface area contributed by atoms with E-state index in [2.05, 4.69) is 10.1 Å². The Morgan fingerprint density at radius 2 is 1.91 bits per heavy atom. The summed E-state index contributed by atoms with van der Waals surface area (Å²) in [4.78, 5) is 4.54. The van der Waals surface area contributed by atoms with Crippen molar-refractivity contribution in [1.29, 1.82) is 0 Å². The molecular formula is C16H18FN3O2S. The molecule has 2 fully saturated rings. The van der Waals surface area contributed by atoms with E-state index in [1.807, 2.05) is 6.92 Å². The summed E-state index contributed by atoms with van der Waals surface area (Å²) in [6.45, 7) is 1.82. The number of fused-ring (bicyclic) bond motifs is 1. The number of benzene rings is 1. The number of nitrogens with zero attached hydrogens (tertiary/aromatic N) is 3. The van der Waals surface area contributed by atoms with Crippen molar-refractivity contribution in [3.05, 3.63) is 41.7 Å². The molecule has 2 aromatic rings. The molecule has 7 heteroatoms. The number of rotatable bonds is 2. The topological polar surface area (TPSA) is 64.8 Å². The monoisotopic (exact) mass is 335 g/mol. The Morgan fingerprint density at radius 3 is 2.57 bits per heavy atom. The van der Waals surface area contributed by atoms with Crippen LogP contribution in [0.15, 0.2) is 24.3 Å². The summed E-state index contributed by atoms with van der Waals surface area (Å²) in [7, 11) is -2.87. The summed E-state index contributed by atoms with van der Waals surface area (Å²) in [6.07, 6.45) is 1.63. The van der Waals surface area contributed by atoms with Crippen LogP contribution in [0.25, 0.3) is 5.69 Å². The summed E-state index contributed by atoms with van der Waals surface area (Å²) in [5.41, 5.74) is 0.658. The fourth-order valence-electron chi connectivity index (χ4n) is 4.05. The minimum Gasteiger partial charge on any atom is -0.229 e. The lowest BCUT2D eigenvalue weighted by Crippen LogP contribution is -2.11. The average Bonchev–Trinajstić information content (AvgIpc) is 3.08. The van der Waals surface area contributed by atoms with Crippen LogP contribution in [0, 0.1) is 24.6 Å². The van der Waals surface area contributed by atoms with Crippen LogP contribution in [0.1, 0.15) is 30.4 Å². The van der Waals surface area contributed by atoms with Crippen molar-refractivity contribution in [2.24, 2.45) is 11.8 Å². The Labute approximate surface area is 134 Å². The molecule has 1 unspecified atom stereocenters. The first kappa shape index (κ1) is 14.8. The van der Waals surface area contributed by atoms with Crippen molar-refractivity contribution in [2.75, 3.05) is 11.5 Å². The fourth-order valence-corrected chi connectivity index (χ4v) is 6.30. The zero-order valence-electron chi connectivity index (χ0n) is 12.8. The van der Waals surface area contributed by atoms with Crippen molar-refractivity contribution in [3.63, 3.8) is 0 Å². The van der Waals surface area contributed by atoms with E-state index >= 15 is 0 Å². The van der Waals surface area contributed by atoms with E-state index < -0.39 is 9.84 Å². The summed E-state index contributed by atoms with van der Waals surface area (Å²) in [5.74, 6) is 2.38. The van der Waals surface area contributed by atoms with Gasteiger partial charge in [-0.1, -0.05) is 6.07 Å². The smallest absolute Gasteiger partial charge is 0.150 e. The molecule has 0 bridgehead atoms. The van der Waals surface area contributed by atoms with Gasteiger partial charge in [0.25, 0.3) is 0 Å². The number of hydrogen-bond acceptors (Lipinski definition) is 4. The third kappa shape index (κ3) is 2.67. The fraction of sp³-hybridized carbons (Fsp3) is 0.500. The highest BCUT2D eigenvalue weighted by molar-refractivity contribution is 7.91. The highest BCUT2D eigenvalue weighted by atomic mass is 32.2. The molecule has 23 heavy (non-hydrogen) atoms. The maximum atomic E-state index is 13.5. The zero-order valence-corrected chi connectivity index (χ0v) is 13.6. The van der Waals surface area contributed by atoms with Gasteiger partial charge in [0, 0.05) is 5.92 Å². The predicted octanol–water partition coefficient (Wildman–Crippen LogP) is 2.25. The van der Waals surface area contributed by atoms with Crippen LogP contribution in [0.2, 0.25) is 0 Å². The lowest BCUT2D eigenvalue weighted by Gasteiger charge is -2.12. The van der Waals surface area contributed by atoms with Crippen LogP contribution in [0.4, 0.5) is 4.39 Å². The van der Waals surface area contributed by atoms with Gasteiger partial charge in [-0.2, -0.15) is 5.10 Å². The van der Waals surface area contributed by atoms with E-state index in [0.717, 1.165) is 18.7 Å². The van der Waals surface area contributed by atoms with Crippen LogP contribution in [-0.2, 0) is 9.84 Å². The average molecular weight is 335 g/mol. The van der Waals surface area contributed by atoms with Crippen LogP contribution < -0.4 is 0 Å². The second kappa shape index (κ2) is 5.12. The first-order valence-corrected chi connectivity index (χ1v) is 9.63. The SMILES string of the molecule is Cc1nc(C2C[C@@H]3CS(=O)(=O)C[C@@H]3C2)n(-c2cccc(F)c2)n1. The Hall–Kier alpha value is -1.76. The van der Waals surface area contributed by atoms with Crippen molar-refractivity contribution in [1.82, 2.24) is 14.8 Å². The van der Waals surface area contributed by atoms with E-state index in [1.54, 1.807) is 16.8 Å². The molecule has 0 spiro atoms. The quantitative estimate of drug-likeness (QED) is 0.844. The van der Waals surface area contributed by atoms with Gasteiger partial charge in [0.1, 0.15) is 17.5 Å². The van der Waals surface area contributed by atoms with E-state index in [9.17, 15) is 12.8 Å². The van der Waals surface area contributed by atoms with Gasteiger partial charge in [0.2, 0.25) is 0 Å². The van der Waals surface area contributed by atoms with Crippen molar-refractivity contribution in [3.8, 4) is 5.69 Å². The molecule has 0 radical (unpaired) electrons. The van der Waals surface area contributed by atoms with Gasteiger partial charge in [-0.25, -0.2) is 22.5 Å². The van der Waals surface area contributed by atoms with Crippen LogP contribution >= 0.6 is 0 Å². The largest absolute Gasteiger partial charge is 0.229 e. The second-order valence-electron chi connectivity index (χ2n) is 6.67. The van der Waals surface area contributed by atoms with Crippen LogP contribution in [-0.4, -0.2) is 34.7 Å². The summed E-state index contributed by atoms with van der Waals surface area (Å²) in [6, 6.07) is 6.30. The lowest BCUT2D eigenvalue weighted by molar-refractivity contribution is 0.494. The summed E-state index contributed by atoms with van der Waals surface area (Å²) in [5, 5.41) is 4.41. The molecule has 0 amide bonds. The van der Waals surface area contributed by atoms with E-state index in [0.29, 0.717) is 23.0 Å². The molecule has 1 aliphatic carbocycles. The third-order valence-corrected chi connectivity index (χ3v) is 6.81. The summed E-state index contributed by atoms with van der Waals surface area (Å²) >= 11 is 0. The molecule has 122 valence electrons. The maximum Gasteiger partial charge on any atom is 0.150 e. The van der Waals surface area contributed by atoms with Crippen molar-refractivity contribution in [2.45, 2.75) is 25.7 Å². The molecule has 1 aromatic heterocycles. The molecule has 1 aliphatic heterocycles. The molecule has 1 aromatic carbocycles. The summed E-state index contributed by atoms with van der Waals surface area (Å²) < 4.78 is 38.7.